The van der Waals surface area contributed by atoms with Crippen molar-refractivity contribution >= 4 is 11.8 Å². The zero-order valence-corrected chi connectivity index (χ0v) is 12.7. The predicted octanol–water partition coefficient (Wildman–Crippen LogP) is 3.02. The summed E-state index contributed by atoms with van der Waals surface area (Å²) in [7, 11) is 0. The first kappa shape index (κ1) is 17.2. The number of hydrogen-bond acceptors (Lipinski definition) is 3. The molecule has 4 nitrogen and oxygen atoms in total. The van der Waals surface area contributed by atoms with Crippen molar-refractivity contribution < 1.29 is 19.8 Å². The summed E-state index contributed by atoms with van der Waals surface area (Å²) < 4.78 is 0. The van der Waals surface area contributed by atoms with E-state index < -0.39 is 18.0 Å². The smallest absolute Gasteiger partial charge is 0.309 e. The summed E-state index contributed by atoms with van der Waals surface area (Å²) >= 11 is 0. The fraction of sp³-hybridized carbons (Fsp3) is 0.875. The van der Waals surface area contributed by atoms with E-state index in [1.807, 2.05) is 6.92 Å². The molecule has 1 rings (SSSR count). The summed E-state index contributed by atoms with van der Waals surface area (Å²) in [5, 5.41) is 19.0. The van der Waals surface area contributed by atoms with Gasteiger partial charge in [-0.05, 0) is 25.2 Å². The summed E-state index contributed by atoms with van der Waals surface area (Å²) in [6, 6.07) is 0. The second-order valence-corrected chi connectivity index (χ2v) is 6.21. The Bertz CT molecular complexity index is 326. The largest absolute Gasteiger partial charge is 0.481 e. The number of aliphatic hydroxyl groups is 1. The third kappa shape index (κ3) is 4.89. The Balaban J connectivity index is 2.41. The van der Waals surface area contributed by atoms with Crippen molar-refractivity contribution in [2.75, 3.05) is 0 Å². The van der Waals surface area contributed by atoms with Crippen LogP contribution in [0.5, 0.6) is 0 Å². The molecular formula is C16H28O4. The molecule has 2 N–H and O–H groups in total. The second-order valence-electron chi connectivity index (χ2n) is 6.21. The van der Waals surface area contributed by atoms with E-state index in [9.17, 15) is 14.7 Å². The molecular weight excluding hydrogens is 256 g/mol. The summed E-state index contributed by atoms with van der Waals surface area (Å²) in [5.74, 6) is -1.87. The quantitative estimate of drug-likeness (QED) is 0.672. The maximum Gasteiger partial charge on any atom is 0.309 e. The van der Waals surface area contributed by atoms with Crippen molar-refractivity contribution in [2.24, 2.45) is 17.8 Å². The number of rotatable bonds is 8. The summed E-state index contributed by atoms with van der Waals surface area (Å²) in [4.78, 5) is 23.3. The van der Waals surface area contributed by atoms with Gasteiger partial charge in [-0.2, -0.15) is 0 Å². The highest BCUT2D eigenvalue weighted by molar-refractivity contribution is 5.82. The van der Waals surface area contributed by atoms with Gasteiger partial charge in [-0.1, -0.05) is 39.5 Å². The van der Waals surface area contributed by atoms with Gasteiger partial charge in [0.2, 0.25) is 0 Å². The van der Waals surface area contributed by atoms with Crippen LogP contribution in [0.15, 0.2) is 0 Å². The van der Waals surface area contributed by atoms with Gasteiger partial charge in [0.1, 0.15) is 5.78 Å². The van der Waals surface area contributed by atoms with Gasteiger partial charge < -0.3 is 10.2 Å². The van der Waals surface area contributed by atoms with Crippen LogP contribution >= 0.6 is 0 Å². The first-order chi connectivity index (χ1) is 9.47. The number of carboxylic acids is 1. The van der Waals surface area contributed by atoms with Crippen molar-refractivity contribution in [3.05, 3.63) is 0 Å². The average molecular weight is 284 g/mol. The average Bonchev–Trinajstić information content (AvgIpc) is 2.40. The van der Waals surface area contributed by atoms with E-state index in [0.717, 1.165) is 12.8 Å². The van der Waals surface area contributed by atoms with E-state index >= 15 is 0 Å². The van der Waals surface area contributed by atoms with Crippen LogP contribution in [0, 0.1) is 17.8 Å². The molecule has 0 aromatic carbocycles. The highest BCUT2D eigenvalue weighted by Crippen LogP contribution is 2.35. The number of carbonyl (C=O) groups excluding carboxylic acids is 1. The highest BCUT2D eigenvalue weighted by Gasteiger charge is 2.40. The SMILES string of the molecule is CCCCCCCC(=O)C1CC(C)C(O)C(C(=O)O)C1. The van der Waals surface area contributed by atoms with E-state index in [0.29, 0.717) is 19.3 Å². The van der Waals surface area contributed by atoms with Crippen LogP contribution in [0.4, 0.5) is 0 Å². The Labute approximate surface area is 121 Å². The summed E-state index contributed by atoms with van der Waals surface area (Å²) in [5.41, 5.74) is 0. The minimum Gasteiger partial charge on any atom is -0.481 e. The maximum absolute atomic E-state index is 12.2. The van der Waals surface area contributed by atoms with E-state index in [-0.39, 0.29) is 17.6 Å². The van der Waals surface area contributed by atoms with Crippen molar-refractivity contribution in [2.45, 2.75) is 71.3 Å². The highest BCUT2D eigenvalue weighted by atomic mass is 16.4. The molecule has 1 aliphatic carbocycles. The molecule has 1 saturated carbocycles. The maximum atomic E-state index is 12.2. The summed E-state index contributed by atoms with van der Waals surface area (Å²) in [6.45, 7) is 3.99. The normalized spacial score (nSPS) is 30.1. The van der Waals surface area contributed by atoms with Gasteiger partial charge >= 0.3 is 5.97 Å². The van der Waals surface area contributed by atoms with Gasteiger partial charge in [0.05, 0.1) is 12.0 Å². The molecule has 0 spiro atoms. The van der Waals surface area contributed by atoms with Crippen LogP contribution in [0.25, 0.3) is 0 Å². The molecule has 0 heterocycles. The van der Waals surface area contributed by atoms with E-state index in [4.69, 9.17) is 5.11 Å². The molecule has 0 radical (unpaired) electrons. The van der Waals surface area contributed by atoms with Gasteiger partial charge in [0.25, 0.3) is 0 Å². The molecule has 1 fully saturated rings. The third-order valence-corrected chi connectivity index (χ3v) is 4.49. The molecule has 116 valence electrons. The Morgan fingerprint density at radius 2 is 1.75 bits per heavy atom. The number of unbranched alkanes of at least 4 members (excludes halogenated alkanes) is 4. The molecule has 0 bridgehead atoms. The van der Waals surface area contributed by atoms with Crippen LogP contribution in [-0.4, -0.2) is 28.1 Å². The third-order valence-electron chi connectivity index (χ3n) is 4.49. The fourth-order valence-corrected chi connectivity index (χ4v) is 3.14. The lowest BCUT2D eigenvalue weighted by Gasteiger charge is -2.35. The predicted molar refractivity (Wildman–Crippen MR) is 77.4 cm³/mol. The number of hydrogen-bond donors (Lipinski definition) is 2. The lowest BCUT2D eigenvalue weighted by atomic mass is 9.72. The standard InChI is InChI=1S/C16H28O4/c1-3-4-5-6-7-8-14(17)12-9-11(2)15(18)13(10-12)16(19)20/h11-13,15,18H,3-10H2,1-2H3,(H,19,20). The number of carboxylic acid groups (broad SMARTS) is 1. The Kier molecular flexibility index (Phi) is 7.20. The van der Waals surface area contributed by atoms with Gasteiger partial charge in [0, 0.05) is 12.3 Å². The van der Waals surface area contributed by atoms with Crippen molar-refractivity contribution in [1.29, 1.82) is 0 Å². The molecule has 4 heteroatoms. The second kappa shape index (κ2) is 8.40. The van der Waals surface area contributed by atoms with Crippen LogP contribution < -0.4 is 0 Å². The van der Waals surface area contributed by atoms with Gasteiger partial charge in [-0.3, -0.25) is 9.59 Å². The molecule has 0 aliphatic heterocycles. The molecule has 4 atom stereocenters. The fourth-order valence-electron chi connectivity index (χ4n) is 3.14. The van der Waals surface area contributed by atoms with Gasteiger partial charge in [0.15, 0.2) is 0 Å². The topological polar surface area (TPSA) is 74.6 Å². The van der Waals surface area contributed by atoms with Gasteiger partial charge in [-0.25, -0.2) is 0 Å². The van der Waals surface area contributed by atoms with E-state index in [1.54, 1.807) is 0 Å². The number of aliphatic hydroxyl groups excluding tert-OH is 1. The number of aliphatic carboxylic acids is 1. The zero-order valence-electron chi connectivity index (χ0n) is 12.7. The molecule has 0 aromatic rings. The monoisotopic (exact) mass is 284 g/mol. The van der Waals surface area contributed by atoms with Crippen LogP contribution in [0.3, 0.4) is 0 Å². The minimum absolute atomic E-state index is 0.112. The molecule has 0 aromatic heterocycles. The molecule has 0 amide bonds. The summed E-state index contributed by atoms with van der Waals surface area (Å²) in [6.07, 6.45) is 6.21. The number of carbonyl (C=O) groups is 2. The first-order valence-electron chi connectivity index (χ1n) is 7.91. The lowest BCUT2D eigenvalue weighted by molar-refractivity contribution is -0.151. The Morgan fingerprint density at radius 1 is 1.10 bits per heavy atom. The number of ketones is 1. The van der Waals surface area contributed by atoms with E-state index in [2.05, 4.69) is 6.92 Å². The van der Waals surface area contributed by atoms with E-state index in [1.165, 1.54) is 19.3 Å². The minimum atomic E-state index is -0.982. The van der Waals surface area contributed by atoms with Crippen LogP contribution in [0.2, 0.25) is 0 Å². The van der Waals surface area contributed by atoms with Crippen LogP contribution in [-0.2, 0) is 9.59 Å². The Hall–Kier alpha value is -0.900. The lowest BCUT2D eigenvalue weighted by Crippen LogP contribution is -2.42. The molecule has 1 aliphatic rings. The van der Waals surface area contributed by atoms with Gasteiger partial charge in [-0.15, -0.1) is 0 Å². The first-order valence-corrected chi connectivity index (χ1v) is 7.91. The van der Waals surface area contributed by atoms with Crippen molar-refractivity contribution in [3.63, 3.8) is 0 Å². The van der Waals surface area contributed by atoms with Crippen LogP contribution in [0.1, 0.15) is 65.2 Å². The molecule has 0 saturated heterocycles. The molecule has 4 unspecified atom stereocenters. The van der Waals surface area contributed by atoms with Crippen molar-refractivity contribution in [3.8, 4) is 0 Å². The zero-order chi connectivity index (χ0) is 15.1. The van der Waals surface area contributed by atoms with Crippen molar-refractivity contribution in [1.82, 2.24) is 0 Å². The Morgan fingerprint density at radius 3 is 2.35 bits per heavy atom. The number of Topliss-reactive ketones (excluding diaryl/α,β-unsaturated/α-hetero) is 1. The molecule has 20 heavy (non-hydrogen) atoms.